The third kappa shape index (κ3) is 4.96. The van der Waals surface area contributed by atoms with Crippen LogP contribution in [0.15, 0.2) is 54.6 Å². The summed E-state index contributed by atoms with van der Waals surface area (Å²) in [6.07, 6.45) is 5.43. The molecular weight excluding hydrogens is 276 g/mol. The number of fused-ring (bicyclic) bond motifs is 1. The summed E-state index contributed by atoms with van der Waals surface area (Å²) in [6, 6.07) is 19.6. The van der Waals surface area contributed by atoms with Crippen LogP contribution in [0.25, 0.3) is 0 Å². The molecule has 23 heavy (non-hydrogen) atoms. The second-order valence-electron chi connectivity index (χ2n) is 6.72. The van der Waals surface area contributed by atoms with Crippen LogP contribution in [0.3, 0.4) is 0 Å². The van der Waals surface area contributed by atoms with Gasteiger partial charge in [-0.15, -0.1) is 0 Å². The Bertz CT molecular complexity index is 570. The normalized spacial score (nSPS) is 24.3. The lowest BCUT2D eigenvalue weighted by Gasteiger charge is -2.21. The van der Waals surface area contributed by atoms with Gasteiger partial charge < -0.3 is 0 Å². The number of rotatable bonds is 1. The van der Waals surface area contributed by atoms with E-state index in [1.54, 1.807) is 11.1 Å². The van der Waals surface area contributed by atoms with Crippen LogP contribution < -0.4 is 0 Å². The van der Waals surface area contributed by atoms with Gasteiger partial charge >= 0.3 is 0 Å². The zero-order chi connectivity index (χ0) is 16.7. The smallest absolute Gasteiger partial charge is 0.0133 e. The van der Waals surface area contributed by atoms with Crippen LogP contribution in [0.5, 0.6) is 0 Å². The van der Waals surface area contributed by atoms with Crippen molar-refractivity contribution in [3.8, 4) is 0 Å². The summed E-state index contributed by atoms with van der Waals surface area (Å²) >= 11 is 0. The summed E-state index contributed by atoms with van der Waals surface area (Å²) in [4.78, 5) is 0. The fourth-order valence-electron chi connectivity index (χ4n) is 3.48. The maximum absolute atomic E-state index is 2.33. The Balaban J connectivity index is 0.000000152. The molecule has 4 rings (SSSR count). The monoisotopic (exact) mass is 308 g/mol. The van der Waals surface area contributed by atoms with Crippen LogP contribution in [-0.4, -0.2) is 0 Å². The first kappa shape index (κ1) is 17.8. The first-order chi connectivity index (χ1) is 11.3. The molecule has 2 aliphatic carbocycles. The van der Waals surface area contributed by atoms with E-state index in [0.717, 1.165) is 17.8 Å². The molecular formula is C23H32. The maximum atomic E-state index is 2.33. The van der Waals surface area contributed by atoms with Crippen molar-refractivity contribution in [2.75, 3.05) is 0 Å². The molecule has 0 aliphatic heterocycles. The number of hydrogen-bond donors (Lipinski definition) is 0. The summed E-state index contributed by atoms with van der Waals surface area (Å²) in [5, 5.41) is 0. The molecule has 2 aromatic rings. The van der Waals surface area contributed by atoms with Gasteiger partial charge in [0.25, 0.3) is 0 Å². The third-order valence-electron chi connectivity index (χ3n) is 5.01. The minimum Gasteiger partial charge on any atom is -0.0683 e. The Morgan fingerprint density at radius 2 is 1.43 bits per heavy atom. The van der Waals surface area contributed by atoms with E-state index in [1.807, 2.05) is 13.8 Å². The number of aryl methyl sites for hydroxylation is 1. The van der Waals surface area contributed by atoms with Gasteiger partial charge in [0.15, 0.2) is 0 Å². The third-order valence-corrected chi connectivity index (χ3v) is 5.01. The van der Waals surface area contributed by atoms with Gasteiger partial charge in [0.05, 0.1) is 0 Å². The van der Waals surface area contributed by atoms with Crippen LogP contribution in [-0.2, 0) is 6.42 Å². The lowest BCUT2D eigenvalue weighted by Crippen LogP contribution is -2.05. The minimum absolute atomic E-state index is 0.792. The molecule has 0 heteroatoms. The lowest BCUT2D eigenvalue weighted by molar-refractivity contribution is 0.590. The van der Waals surface area contributed by atoms with E-state index in [1.165, 1.54) is 31.2 Å². The largest absolute Gasteiger partial charge is 0.0683 e. The van der Waals surface area contributed by atoms with Crippen molar-refractivity contribution in [2.45, 2.75) is 65.2 Å². The van der Waals surface area contributed by atoms with Gasteiger partial charge in [-0.25, -0.2) is 0 Å². The van der Waals surface area contributed by atoms with Crippen LogP contribution in [0.1, 0.15) is 75.5 Å². The molecule has 1 saturated carbocycles. The predicted molar refractivity (Wildman–Crippen MR) is 102 cm³/mol. The minimum atomic E-state index is 0.792. The van der Waals surface area contributed by atoms with Crippen molar-refractivity contribution in [2.24, 2.45) is 5.92 Å². The molecule has 2 aliphatic rings. The summed E-state index contributed by atoms with van der Waals surface area (Å²) in [5.41, 5.74) is 4.68. The molecule has 0 N–H and O–H groups in total. The summed E-state index contributed by atoms with van der Waals surface area (Å²) in [7, 11) is 0. The molecule has 3 atom stereocenters. The fourth-order valence-corrected chi connectivity index (χ4v) is 3.48. The van der Waals surface area contributed by atoms with Gasteiger partial charge in [-0.05, 0) is 60.1 Å². The lowest BCUT2D eigenvalue weighted by atomic mass is 9.84. The van der Waals surface area contributed by atoms with Crippen molar-refractivity contribution in [1.29, 1.82) is 0 Å². The first-order valence-corrected chi connectivity index (χ1v) is 9.38. The fraction of sp³-hybridized carbons (Fsp3) is 0.478. The Morgan fingerprint density at radius 3 is 2.04 bits per heavy atom. The Hall–Kier alpha value is -1.56. The highest BCUT2D eigenvalue weighted by molar-refractivity contribution is 5.31. The van der Waals surface area contributed by atoms with Crippen molar-refractivity contribution in [3.63, 3.8) is 0 Å². The molecule has 0 bridgehead atoms. The summed E-state index contributed by atoms with van der Waals surface area (Å²) in [5.74, 6) is 2.60. The van der Waals surface area contributed by atoms with E-state index in [0.29, 0.717) is 0 Å². The molecule has 0 amide bonds. The van der Waals surface area contributed by atoms with Gasteiger partial charge in [0.2, 0.25) is 0 Å². The van der Waals surface area contributed by atoms with Crippen LogP contribution >= 0.6 is 0 Å². The van der Waals surface area contributed by atoms with E-state index < -0.39 is 0 Å². The molecule has 0 saturated heterocycles. The van der Waals surface area contributed by atoms with Gasteiger partial charge in [0.1, 0.15) is 0 Å². The SMILES string of the molecule is CC.CC1CCCc2ccccc21.C[C@@H]1C[C@@H]1c1ccccc1. The molecule has 1 unspecified atom stereocenters. The molecule has 124 valence electrons. The van der Waals surface area contributed by atoms with Crippen molar-refractivity contribution >= 4 is 0 Å². The van der Waals surface area contributed by atoms with E-state index in [2.05, 4.69) is 68.4 Å². The van der Waals surface area contributed by atoms with E-state index in [4.69, 9.17) is 0 Å². The van der Waals surface area contributed by atoms with E-state index in [-0.39, 0.29) is 0 Å². The van der Waals surface area contributed by atoms with Gasteiger partial charge in [-0.3, -0.25) is 0 Å². The molecule has 2 aromatic carbocycles. The highest BCUT2D eigenvalue weighted by atomic mass is 14.4. The van der Waals surface area contributed by atoms with Crippen molar-refractivity contribution < 1.29 is 0 Å². The highest BCUT2D eigenvalue weighted by Crippen LogP contribution is 2.46. The average Bonchev–Trinajstić information content (AvgIpc) is 3.35. The maximum Gasteiger partial charge on any atom is -0.0133 e. The molecule has 0 nitrogen and oxygen atoms in total. The van der Waals surface area contributed by atoms with E-state index in [9.17, 15) is 0 Å². The molecule has 0 aromatic heterocycles. The van der Waals surface area contributed by atoms with E-state index >= 15 is 0 Å². The average molecular weight is 309 g/mol. The summed E-state index contributed by atoms with van der Waals surface area (Å²) < 4.78 is 0. The topological polar surface area (TPSA) is 0 Å². The highest BCUT2D eigenvalue weighted by Gasteiger charge is 2.33. The molecule has 0 spiro atoms. The van der Waals surface area contributed by atoms with Crippen molar-refractivity contribution in [1.82, 2.24) is 0 Å². The van der Waals surface area contributed by atoms with Gasteiger partial charge in [0, 0.05) is 0 Å². The Morgan fingerprint density at radius 1 is 0.826 bits per heavy atom. The first-order valence-electron chi connectivity index (χ1n) is 9.38. The van der Waals surface area contributed by atoms with Crippen LogP contribution in [0.4, 0.5) is 0 Å². The Kier molecular flexibility index (Phi) is 6.89. The molecule has 0 heterocycles. The van der Waals surface area contributed by atoms with Gasteiger partial charge in [-0.1, -0.05) is 82.3 Å². The molecule has 1 fully saturated rings. The van der Waals surface area contributed by atoms with Crippen LogP contribution in [0, 0.1) is 5.92 Å². The quantitative estimate of drug-likeness (QED) is 0.534. The second kappa shape index (κ2) is 8.91. The van der Waals surface area contributed by atoms with Crippen LogP contribution in [0.2, 0.25) is 0 Å². The van der Waals surface area contributed by atoms with Gasteiger partial charge in [-0.2, -0.15) is 0 Å². The second-order valence-corrected chi connectivity index (χ2v) is 6.72. The standard InChI is InChI=1S/C11H14.C10H12.C2H6/c1-9-5-4-7-10-6-2-3-8-11(9)10;1-8-7-10(8)9-5-3-2-4-6-9;1-2/h2-3,6,8-9H,4-5,7H2,1H3;2-6,8,10H,7H2,1H3;1-2H3/t;8-,10+;/m.1./s1. The number of hydrogen-bond acceptors (Lipinski definition) is 0. The molecule has 0 radical (unpaired) electrons. The summed E-state index contributed by atoms with van der Waals surface area (Å²) in [6.45, 7) is 8.65. The number of benzene rings is 2. The zero-order valence-electron chi connectivity index (χ0n) is 15.3. The Labute approximate surface area is 143 Å². The zero-order valence-corrected chi connectivity index (χ0v) is 15.3. The predicted octanol–water partition coefficient (Wildman–Crippen LogP) is 6.96. The van der Waals surface area contributed by atoms with Crippen molar-refractivity contribution in [3.05, 3.63) is 71.3 Å².